The molecule has 1 unspecified atom stereocenters. The zero-order valence-corrected chi connectivity index (χ0v) is 9.56. The Morgan fingerprint density at radius 3 is 2.50 bits per heavy atom. The van der Waals surface area contributed by atoms with Crippen LogP contribution in [0.3, 0.4) is 0 Å². The predicted octanol–water partition coefficient (Wildman–Crippen LogP) is -0.226. The fraction of sp³-hybridized carbons (Fsp3) is 0.700. The Bertz CT molecular complexity index is 314. The predicted molar refractivity (Wildman–Crippen MR) is 53.0 cm³/mol. The molecule has 1 amide bonds. The third-order valence-electron chi connectivity index (χ3n) is 2.79. The van der Waals surface area contributed by atoms with Crippen molar-refractivity contribution in [3.8, 4) is 0 Å². The molecule has 16 heavy (non-hydrogen) atoms. The maximum absolute atomic E-state index is 11.7. The van der Waals surface area contributed by atoms with E-state index in [1.807, 2.05) is 0 Å². The number of amides is 1. The Balaban J connectivity index is 2.60. The average Bonchev–Trinajstić information content (AvgIpc) is 2.26. The van der Waals surface area contributed by atoms with Crippen molar-refractivity contribution in [2.45, 2.75) is 12.8 Å². The molecule has 0 spiro atoms. The highest BCUT2D eigenvalue weighted by Crippen LogP contribution is 2.34. The highest BCUT2D eigenvalue weighted by Gasteiger charge is 2.47. The topological polar surface area (TPSA) is 72.9 Å². The van der Waals surface area contributed by atoms with Crippen molar-refractivity contribution in [3.63, 3.8) is 0 Å². The summed E-state index contributed by atoms with van der Waals surface area (Å²) in [6.07, 6.45) is 0.346. The molecule has 0 aromatic heterocycles. The van der Waals surface area contributed by atoms with Crippen molar-refractivity contribution in [2.75, 3.05) is 21.3 Å². The molecule has 6 nitrogen and oxygen atoms in total. The highest BCUT2D eigenvalue weighted by atomic mass is 16.7. The Morgan fingerprint density at radius 1 is 1.44 bits per heavy atom. The second kappa shape index (κ2) is 5.07. The number of carbonyl (C=O) groups is 3. The van der Waals surface area contributed by atoms with Crippen molar-refractivity contribution in [3.05, 3.63) is 0 Å². The van der Waals surface area contributed by atoms with Crippen LogP contribution in [0.2, 0.25) is 0 Å². The molecule has 0 aromatic carbocycles. The van der Waals surface area contributed by atoms with Crippen molar-refractivity contribution in [2.24, 2.45) is 11.8 Å². The van der Waals surface area contributed by atoms with Gasteiger partial charge >= 0.3 is 5.97 Å². The first-order valence-corrected chi connectivity index (χ1v) is 4.92. The summed E-state index contributed by atoms with van der Waals surface area (Å²) in [7, 11) is 4.06. The van der Waals surface area contributed by atoms with Crippen LogP contribution < -0.4 is 0 Å². The number of Topliss-reactive ketones (excluding diaryl/α,β-unsaturated/α-hetero) is 1. The lowest BCUT2D eigenvalue weighted by molar-refractivity contribution is -0.181. The van der Waals surface area contributed by atoms with Crippen LogP contribution in [0.25, 0.3) is 0 Å². The molecule has 0 aromatic rings. The Labute approximate surface area is 93.4 Å². The minimum atomic E-state index is -0.760. The van der Waals surface area contributed by atoms with Crippen LogP contribution in [0, 0.1) is 11.8 Å². The summed E-state index contributed by atoms with van der Waals surface area (Å²) in [5.74, 6) is -1.99. The number of rotatable bonds is 4. The second-order valence-corrected chi connectivity index (χ2v) is 3.71. The summed E-state index contributed by atoms with van der Waals surface area (Å²) >= 11 is 0. The van der Waals surface area contributed by atoms with Crippen molar-refractivity contribution < 1.29 is 24.0 Å². The van der Waals surface area contributed by atoms with Crippen LogP contribution in [0.4, 0.5) is 0 Å². The standard InChI is InChI=1S/C10H15NO5/c1-11(16-3)10(14)9-6(4-7(9)12)5-8(13)15-2/h6,9H,4-5H2,1-3H3/t6-,9?/m0/s1. The number of ketones is 1. The summed E-state index contributed by atoms with van der Waals surface area (Å²) in [6.45, 7) is 0. The van der Waals surface area contributed by atoms with Gasteiger partial charge in [0.15, 0.2) is 0 Å². The number of hydroxylamine groups is 2. The van der Waals surface area contributed by atoms with Crippen LogP contribution in [-0.2, 0) is 24.0 Å². The molecule has 1 fully saturated rings. The first kappa shape index (κ1) is 12.6. The number of methoxy groups -OCH3 is 1. The first-order chi connectivity index (χ1) is 7.51. The van der Waals surface area contributed by atoms with Crippen LogP contribution in [0.1, 0.15) is 12.8 Å². The lowest BCUT2D eigenvalue weighted by atomic mass is 9.70. The van der Waals surface area contributed by atoms with Gasteiger partial charge in [-0.05, 0) is 5.92 Å². The molecule has 2 atom stereocenters. The van der Waals surface area contributed by atoms with Gasteiger partial charge in [0.25, 0.3) is 5.91 Å². The highest BCUT2D eigenvalue weighted by molar-refractivity contribution is 6.06. The minimum absolute atomic E-state index is 0.0935. The third-order valence-corrected chi connectivity index (χ3v) is 2.79. The molecule has 0 saturated heterocycles. The summed E-state index contributed by atoms with van der Waals surface area (Å²) < 4.78 is 4.50. The zero-order chi connectivity index (χ0) is 12.3. The van der Waals surface area contributed by atoms with Crippen molar-refractivity contribution in [1.29, 1.82) is 0 Å². The Kier molecular flexibility index (Phi) is 4.00. The maximum atomic E-state index is 11.7. The summed E-state index contributed by atoms with van der Waals surface area (Å²) in [4.78, 5) is 38.7. The molecule has 1 rings (SSSR count). The van der Waals surface area contributed by atoms with Gasteiger partial charge in [-0.3, -0.25) is 19.2 Å². The monoisotopic (exact) mass is 229 g/mol. The van der Waals surface area contributed by atoms with Gasteiger partial charge in [0.2, 0.25) is 0 Å². The summed E-state index contributed by atoms with van der Waals surface area (Å²) in [5.41, 5.74) is 0. The molecule has 0 aliphatic heterocycles. The van der Waals surface area contributed by atoms with E-state index >= 15 is 0 Å². The number of esters is 1. The molecule has 0 N–H and O–H groups in total. The van der Waals surface area contributed by atoms with Crippen LogP contribution in [0.5, 0.6) is 0 Å². The van der Waals surface area contributed by atoms with Gasteiger partial charge in [0.1, 0.15) is 11.7 Å². The molecule has 0 heterocycles. The fourth-order valence-electron chi connectivity index (χ4n) is 1.72. The van der Waals surface area contributed by atoms with Gasteiger partial charge in [0.05, 0.1) is 14.2 Å². The van der Waals surface area contributed by atoms with Crippen molar-refractivity contribution in [1.82, 2.24) is 5.06 Å². The van der Waals surface area contributed by atoms with E-state index < -0.39 is 17.8 Å². The number of hydrogen-bond donors (Lipinski definition) is 0. The molecule has 0 radical (unpaired) electrons. The average molecular weight is 229 g/mol. The Morgan fingerprint density at radius 2 is 2.06 bits per heavy atom. The van der Waals surface area contributed by atoms with Gasteiger partial charge in [-0.2, -0.15) is 0 Å². The molecule has 1 aliphatic rings. The number of carbonyl (C=O) groups excluding carboxylic acids is 3. The number of nitrogens with zero attached hydrogens (tertiary/aromatic N) is 1. The van der Waals surface area contributed by atoms with Gasteiger partial charge < -0.3 is 4.74 Å². The fourth-order valence-corrected chi connectivity index (χ4v) is 1.72. The van der Waals surface area contributed by atoms with Crippen molar-refractivity contribution >= 4 is 17.7 Å². The maximum Gasteiger partial charge on any atom is 0.305 e. The zero-order valence-electron chi connectivity index (χ0n) is 9.56. The van der Waals surface area contributed by atoms with E-state index in [1.165, 1.54) is 21.3 Å². The molecule has 0 bridgehead atoms. The normalized spacial score (nSPS) is 23.6. The SMILES string of the molecule is COC(=O)C[C@@H]1CC(=O)C1C(=O)N(C)OC. The van der Waals surface area contributed by atoms with E-state index in [0.29, 0.717) is 0 Å². The first-order valence-electron chi connectivity index (χ1n) is 4.92. The van der Waals surface area contributed by atoms with E-state index in [2.05, 4.69) is 4.74 Å². The van der Waals surface area contributed by atoms with E-state index in [9.17, 15) is 14.4 Å². The van der Waals surface area contributed by atoms with Gasteiger partial charge in [0, 0.05) is 19.9 Å². The number of hydrogen-bond acceptors (Lipinski definition) is 5. The third kappa shape index (κ3) is 2.38. The molecule has 90 valence electrons. The van der Waals surface area contributed by atoms with Gasteiger partial charge in [-0.1, -0.05) is 0 Å². The van der Waals surface area contributed by atoms with Crippen LogP contribution in [0.15, 0.2) is 0 Å². The smallest absolute Gasteiger partial charge is 0.305 e. The van der Waals surface area contributed by atoms with E-state index in [-0.39, 0.29) is 24.5 Å². The molecular formula is C10H15NO5. The summed E-state index contributed by atoms with van der Waals surface area (Å²) in [6, 6.07) is 0. The van der Waals surface area contributed by atoms with Gasteiger partial charge in [-0.15, -0.1) is 0 Å². The molecule has 6 heteroatoms. The number of ether oxygens (including phenoxy) is 1. The van der Waals surface area contributed by atoms with E-state index in [0.717, 1.165) is 5.06 Å². The van der Waals surface area contributed by atoms with Gasteiger partial charge in [-0.25, -0.2) is 5.06 Å². The minimum Gasteiger partial charge on any atom is -0.469 e. The van der Waals surface area contributed by atoms with E-state index in [4.69, 9.17) is 4.84 Å². The Hall–Kier alpha value is -1.43. The lowest BCUT2D eigenvalue weighted by Gasteiger charge is -2.34. The molecular weight excluding hydrogens is 214 g/mol. The van der Waals surface area contributed by atoms with Crippen LogP contribution in [-0.4, -0.2) is 44.0 Å². The summed E-state index contributed by atoms with van der Waals surface area (Å²) in [5, 5.41) is 1.01. The van der Waals surface area contributed by atoms with Crippen LogP contribution >= 0.6 is 0 Å². The quantitative estimate of drug-likeness (QED) is 0.378. The van der Waals surface area contributed by atoms with E-state index in [1.54, 1.807) is 0 Å². The largest absolute Gasteiger partial charge is 0.469 e. The molecule has 1 saturated carbocycles. The second-order valence-electron chi connectivity index (χ2n) is 3.71. The lowest BCUT2D eigenvalue weighted by Crippen LogP contribution is -2.48. The molecule has 1 aliphatic carbocycles.